The van der Waals surface area contributed by atoms with Crippen LogP contribution >= 0.6 is 11.6 Å². The molecule has 0 saturated carbocycles. The number of carbonyl (C=O) groups is 1. The third-order valence-electron chi connectivity index (χ3n) is 5.58. The molecule has 0 bridgehead atoms. The molecule has 0 saturated heterocycles. The number of nitroso groups, excluding NO2 is 1. The molecule has 38 heavy (non-hydrogen) atoms. The number of aromatic nitrogens is 3. The Morgan fingerprint density at radius 3 is 2.29 bits per heavy atom. The minimum atomic E-state index is -0.772. The molecule has 0 aliphatic carbocycles. The van der Waals surface area contributed by atoms with Crippen LogP contribution in [-0.2, 0) is 24.3 Å². The number of hydrogen-bond donors (Lipinski definition) is 1. The van der Waals surface area contributed by atoms with Crippen molar-refractivity contribution in [3.8, 4) is 11.5 Å². The number of nitrogen functional groups attached to an aromatic ring is 1. The van der Waals surface area contributed by atoms with Crippen molar-refractivity contribution >= 4 is 23.2 Å². The average molecular weight is 535 g/mol. The first-order chi connectivity index (χ1) is 18.3. The van der Waals surface area contributed by atoms with E-state index in [2.05, 4.69) is 10.2 Å². The van der Waals surface area contributed by atoms with Crippen molar-refractivity contribution in [2.75, 3.05) is 5.84 Å². The maximum absolute atomic E-state index is 13.1. The van der Waals surface area contributed by atoms with Gasteiger partial charge in [-0.25, -0.2) is 19.1 Å². The lowest BCUT2D eigenvalue weighted by molar-refractivity contribution is -0.117. The number of nitrogens with two attached hydrogens (primary N) is 1. The van der Waals surface area contributed by atoms with Gasteiger partial charge in [0.25, 0.3) is 5.91 Å². The molecule has 0 unspecified atom stereocenters. The van der Waals surface area contributed by atoms with Gasteiger partial charge in [-0.15, -0.1) is 4.91 Å². The number of carbonyl (C=O) groups excluding carboxylic acids is 1. The predicted molar refractivity (Wildman–Crippen MR) is 142 cm³/mol. The molecule has 4 rings (SSSR count). The second kappa shape index (κ2) is 11.5. The van der Waals surface area contributed by atoms with Crippen LogP contribution in [0.5, 0.6) is 11.5 Å². The molecule has 4 aromatic rings. The van der Waals surface area contributed by atoms with E-state index in [9.17, 15) is 19.3 Å². The van der Waals surface area contributed by atoms with E-state index in [1.54, 1.807) is 79.7 Å². The molecule has 1 heterocycles. The Labute approximate surface area is 221 Å². The number of amides is 1. The molecule has 194 valence electrons. The number of hydrogen-bond acceptors (Lipinski definition) is 7. The van der Waals surface area contributed by atoms with Crippen molar-refractivity contribution in [1.29, 1.82) is 0 Å². The smallest absolute Gasteiger partial charge is 0.353 e. The summed E-state index contributed by atoms with van der Waals surface area (Å²) in [6.45, 7) is 1.94. The van der Waals surface area contributed by atoms with E-state index in [0.29, 0.717) is 27.8 Å². The van der Waals surface area contributed by atoms with Gasteiger partial charge in [-0.2, -0.15) is 4.68 Å². The quantitative estimate of drug-likeness (QED) is 0.272. The number of ether oxygens (including phenoxy) is 1. The van der Waals surface area contributed by atoms with E-state index in [1.165, 1.54) is 4.57 Å². The summed E-state index contributed by atoms with van der Waals surface area (Å²) in [5.41, 5.74) is 0.514. The van der Waals surface area contributed by atoms with E-state index >= 15 is 0 Å². The van der Waals surface area contributed by atoms with Gasteiger partial charge < -0.3 is 10.6 Å². The lowest BCUT2D eigenvalue weighted by Gasteiger charge is -2.13. The van der Waals surface area contributed by atoms with Gasteiger partial charge in [0.15, 0.2) is 0 Å². The van der Waals surface area contributed by atoms with E-state index < -0.39 is 17.3 Å². The fourth-order valence-corrected chi connectivity index (χ4v) is 3.85. The van der Waals surface area contributed by atoms with E-state index in [4.69, 9.17) is 22.2 Å². The molecule has 2 N–H and O–H groups in total. The summed E-state index contributed by atoms with van der Waals surface area (Å²) < 4.78 is 9.02. The second-order valence-corrected chi connectivity index (χ2v) is 8.65. The van der Waals surface area contributed by atoms with Crippen LogP contribution in [0.1, 0.15) is 18.1 Å². The maximum atomic E-state index is 13.1. The molecule has 0 fully saturated rings. The van der Waals surface area contributed by atoms with Gasteiger partial charge >= 0.3 is 11.4 Å². The Morgan fingerprint density at radius 2 is 1.63 bits per heavy atom. The Morgan fingerprint density at radius 1 is 0.921 bits per heavy atom. The molecular formula is C26H23ClN6O5. The van der Waals surface area contributed by atoms with Crippen LogP contribution in [0, 0.1) is 4.91 Å². The zero-order chi connectivity index (χ0) is 27.2. The van der Waals surface area contributed by atoms with Gasteiger partial charge in [-0.05, 0) is 66.6 Å². The lowest BCUT2D eigenvalue weighted by atomic mass is 10.1. The molecular weight excluding hydrogens is 512 g/mol. The summed E-state index contributed by atoms with van der Waals surface area (Å²) in [5, 5.41) is 2.96. The monoisotopic (exact) mass is 534 g/mol. The topological polar surface area (TPSA) is 143 Å². The molecule has 11 nitrogen and oxygen atoms in total. The van der Waals surface area contributed by atoms with E-state index in [-0.39, 0.29) is 25.1 Å². The molecule has 12 heteroatoms. The number of halogens is 1. The summed E-state index contributed by atoms with van der Waals surface area (Å²) >= 11 is 5.98. The molecule has 0 spiro atoms. The fraction of sp³-hybridized carbons (Fsp3) is 0.154. The Kier molecular flexibility index (Phi) is 7.97. The first-order valence-corrected chi connectivity index (χ1v) is 11.9. The zero-order valence-corrected chi connectivity index (χ0v) is 21.0. The van der Waals surface area contributed by atoms with Crippen molar-refractivity contribution in [2.45, 2.75) is 26.4 Å². The summed E-state index contributed by atoms with van der Waals surface area (Å²) in [6.07, 6.45) is -0.119. The Hall–Kier alpha value is -4.77. The van der Waals surface area contributed by atoms with Crippen molar-refractivity contribution in [3.05, 3.63) is 120 Å². The largest absolute Gasteiger partial charge is 0.457 e. The van der Waals surface area contributed by atoms with Crippen molar-refractivity contribution in [3.63, 3.8) is 0 Å². The Balaban J connectivity index is 1.68. The third-order valence-corrected chi connectivity index (χ3v) is 5.83. The third kappa shape index (κ3) is 5.95. The van der Waals surface area contributed by atoms with Gasteiger partial charge in [-0.3, -0.25) is 9.36 Å². The van der Waals surface area contributed by atoms with Crippen LogP contribution in [-0.4, -0.2) is 19.7 Å². The summed E-state index contributed by atoms with van der Waals surface area (Å²) in [7, 11) is 0. The first-order valence-electron chi connectivity index (χ1n) is 11.5. The number of benzene rings is 3. The summed E-state index contributed by atoms with van der Waals surface area (Å²) in [5.74, 6) is 6.24. The van der Waals surface area contributed by atoms with Gasteiger partial charge in [0, 0.05) is 16.7 Å². The second-order valence-electron chi connectivity index (χ2n) is 8.21. The average Bonchev–Trinajstić information content (AvgIpc) is 2.92. The maximum Gasteiger partial charge on any atom is 0.353 e. The number of rotatable bonds is 8. The highest BCUT2D eigenvalue weighted by molar-refractivity contribution is 6.30. The van der Waals surface area contributed by atoms with Crippen LogP contribution in [0.25, 0.3) is 0 Å². The summed E-state index contributed by atoms with van der Waals surface area (Å²) in [6, 6.07) is 20.3. The lowest BCUT2D eigenvalue weighted by Crippen LogP contribution is -2.57. The van der Waals surface area contributed by atoms with E-state index in [0.717, 1.165) is 14.8 Å². The van der Waals surface area contributed by atoms with Crippen molar-refractivity contribution in [2.24, 2.45) is 10.2 Å². The molecule has 0 aliphatic rings. The standard InChI is InChI=1S/C26H23ClN6O5/c1-2-31-25(35)32(16-17-6-8-19(27)9-7-17)24(33(28)26(31)36)29-20-10-12-21(13-11-20)38-22-5-3-4-18(14-22)15-23(34)30-37/h3-14H,2,15-16,28H2,1H3/b29-24-. The van der Waals surface area contributed by atoms with Crippen molar-refractivity contribution < 1.29 is 9.53 Å². The SMILES string of the molecule is CCn1c(=O)n(N)/c(=N\c2ccc(Oc3cccc(CC(=O)N=O)c3)cc2)n(Cc2ccc(Cl)cc2)c1=O. The molecule has 1 aromatic heterocycles. The number of nitrogens with zero attached hydrogens (tertiary/aromatic N) is 5. The molecule has 0 atom stereocenters. The fourth-order valence-electron chi connectivity index (χ4n) is 3.72. The van der Waals surface area contributed by atoms with Crippen LogP contribution in [0.15, 0.2) is 92.6 Å². The predicted octanol–water partition coefficient (Wildman–Crippen LogP) is 3.11. The molecule has 3 aromatic carbocycles. The molecule has 0 radical (unpaired) electrons. The zero-order valence-electron chi connectivity index (χ0n) is 20.3. The summed E-state index contributed by atoms with van der Waals surface area (Å²) in [4.78, 5) is 52.0. The minimum Gasteiger partial charge on any atom is -0.457 e. The normalized spacial score (nSPS) is 11.4. The van der Waals surface area contributed by atoms with Crippen LogP contribution in [0.3, 0.4) is 0 Å². The molecule has 1 amide bonds. The van der Waals surface area contributed by atoms with Gasteiger partial charge in [0.05, 0.1) is 18.7 Å². The van der Waals surface area contributed by atoms with Crippen molar-refractivity contribution in [1.82, 2.24) is 13.8 Å². The van der Waals surface area contributed by atoms with E-state index in [1.807, 2.05) is 0 Å². The Bertz CT molecular complexity index is 1670. The van der Waals surface area contributed by atoms with Crippen LogP contribution in [0.4, 0.5) is 5.69 Å². The van der Waals surface area contributed by atoms with Crippen LogP contribution < -0.4 is 27.6 Å². The van der Waals surface area contributed by atoms with Gasteiger partial charge in [0.2, 0.25) is 5.62 Å². The minimum absolute atomic E-state index is 0.0329. The highest BCUT2D eigenvalue weighted by atomic mass is 35.5. The van der Waals surface area contributed by atoms with Gasteiger partial charge in [0.1, 0.15) is 11.5 Å². The molecule has 0 aliphatic heterocycles. The van der Waals surface area contributed by atoms with Gasteiger partial charge in [-0.1, -0.05) is 35.9 Å². The highest BCUT2D eigenvalue weighted by Gasteiger charge is 2.13. The van der Waals surface area contributed by atoms with Crippen LogP contribution in [0.2, 0.25) is 5.02 Å². The highest BCUT2D eigenvalue weighted by Crippen LogP contribution is 2.25. The first kappa shape index (κ1) is 26.3.